The number of carbonyl (C=O) groups excluding carboxylic acids is 2. The van der Waals surface area contributed by atoms with Gasteiger partial charge < -0.3 is 0 Å². The normalized spacial score (nSPS) is 16.5. The molecule has 1 heterocycles. The van der Waals surface area contributed by atoms with Crippen molar-refractivity contribution in [3.63, 3.8) is 0 Å². The predicted octanol–water partition coefficient (Wildman–Crippen LogP) is 4.61. The van der Waals surface area contributed by atoms with Gasteiger partial charge in [0.2, 0.25) is 15.9 Å². The van der Waals surface area contributed by atoms with Gasteiger partial charge >= 0.3 is 0 Å². The molecule has 1 aliphatic rings. The zero-order chi connectivity index (χ0) is 25.3. The lowest BCUT2D eigenvalue weighted by Crippen LogP contribution is -2.45. The van der Waals surface area contributed by atoms with Gasteiger partial charge in [0, 0.05) is 6.54 Å². The minimum atomic E-state index is -4.32. The van der Waals surface area contributed by atoms with Crippen LogP contribution < -0.4 is 4.90 Å². The summed E-state index contributed by atoms with van der Waals surface area (Å²) in [7, 11) is -4.32. The highest BCUT2D eigenvalue weighted by Crippen LogP contribution is 2.31. The van der Waals surface area contributed by atoms with Crippen LogP contribution in [0.25, 0.3) is 0 Å². The van der Waals surface area contributed by atoms with Crippen molar-refractivity contribution in [1.82, 2.24) is 4.31 Å². The molecule has 35 heavy (non-hydrogen) atoms. The average molecular weight is 499 g/mol. The molecule has 1 unspecified atom stereocenters. The van der Waals surface area contributed by atoms with E-state index in [1.165, 1.54) is 24.3 Å². The van der Waals surface area contributed by atoms with Gasteiger partial charge in [0.1, 0.15) is 17.7 Å². The molecule has 1 fully saturated rings. The third-order valence-electron chi connectivity index (χ3n) is 5.96. The van der Waals surface area contributed by atoms with Crippen molar-refractivity contribution in [2.24, 2.45) is 0 Å². The Morgan fingerprint density at radius 2 is 1.43 bits per heavy atom. The van der Waals surface area contributed by atoms with Gasteiger partial charge in [-0.2, -0.15) is 4.31 Å². The molecule has 6 nitrogen and oxygen atoms in total. The maximum absolute atomic E-state index is 13.6. The van der Waals surface area contributed by atoms with Crippen molar-refractivity contribution in [1.29, 1.82) is 0 Å². The molecule has 2 amide bonds. The first kappa shape index (κ1) is 24.7. The summed E-state index contributed by atoms with van der Waals surface area (Å²) >= 11 is 0. The maximum Gasteiger partial charge on any atom is 0.252 e. The highest BCUT2D eigenvalue weighted by Gasteiger charge is 2.47. The minimum Gasteiger partial charge on any atom is -0.274 e. The highest BCUT2D eigenvalue weighted by molar-refractivity contribution is 7.89. The van der Waals surface area contributed by atoms with Crippen LogP contribution in [0.3, 0.4) is 0 Å². The highest BCUT2D eigenvalue weighted by atomic mass is 32.2. The van der Waals surface area contributed by atoms with Gasteiger partial charge in [0.15, 0.2) is 0 Å². The molecule has 0 spiro atoms. The van der Waals surface area contributed by atoms with Crippen LogP contribution in [-0.4, -0.2) is 30.6 Å². The number of rotatable bonds is 7. The second kappa shape index (κ2) is 9.67. The van der Waals surface area contributed by atoms with Gasteiger partial charge in [0.05, 0.1) is 17.0 Å². The second-order valence-corrected chi connectivity index (χ2v) is 10.6. The van der Waals surface area contributed by atoms with Crippen LogP contribution >= 0.6 is 0 Å². The van der Waals surface area contributed by atoms with Crippen LogP contribution in [-0.2, 0) is 26.2 Å². The Kier molecular flexibility index (Phi) is 6.82. The molecular formula is C26H24F2N2O4S. The summed E-state index contributed by atoms with van der Waals surface area (Å²) in [5, 5.41) is 0. The standard InChI is InChI=1S/C26H24F2N2O4S/c1-17(2)19-5-11-22(12-6-19)30-25(31)15-24(26(30)32)29(16-18-3-7-20(27)8-4-18)35(33,34)23-13-9-21(28)10-14-23/h3-14,17,24H,15-16H2,1-2H3. The van der Waals surface area contributed by atoms with E-state index < -0.39 is 39.5 Å². The Hall–Kier alpha value is -3.43. The van der Waals surface area contributed by atoms with E-state index in [1.54, 1.807) is 12.1 Å². The first-order valence-electron chi connectivity index (χ1n) is 11.1. The molecule has 0 radical (unpaired) electrons. The van der Waals surface area contributed by atoms with E-state index >= 15 is 0 Å². The molecule has 1 aliphatic heterocycles. The number of benzene rings is 3. The number of hydrogen-bond acceptors (Lipinski definition) is 4. The van der Waals surface area contributed by atoms with Crippen LogP contribution in [0.2, 0.25) is 0 Å². The first-order valence-corrected chi connectivity index (χ1v) is 12.5. The zero-order valence-corrected chi connectivity index (χ0v) is 20.0. The Morgan fingerprint density at radius 1 is 0.886 bits per heavy atom. The molecule has 4 rings (SSSR count). The number of hydrogen-bond donors (Lipinski definition) is 0. The minimum absolute atomic E-state index is 0.221. The fourth-order valence-electron chi connectivity index (χ4n) is 3.99. The number of sulfonamides is 1. The summed E-state index contributed by atoms with van der Waals surface area (Å²) in [6, 6.07) is 15.0. The van der Waals surface area contributed by atoms with Crippen molar-refractivity contribution in [2.75, 3.05) is 4.90 Å². The Labute approximate surface area is 202 Å². The van der Waals surface area contributed by atoms with Crippen molar-refractivity contribution in [3.05, 3.63) is 95.6 Å². The molecule has 3 aromatic carbocycles. The van der Waals surface area contributed by atoms with Gasteiger partial charge in [-0.25, -0.2) is 22.1 Å². The number of imide groups is 1. The van der Waals surface area contributed by atoms with E-state index in [9.17, 15) is 26.8 Å². The Bertz CT molecular complexity index is 1340. The summed E-state index contributed by atoms with van der Waals surface area (Å²) in [5.74, 6) is -2.06. The average Bonchev–Trinajstić information content (AvgIpc) is 3.12. The van der Waals surface area contributed by atoms with Crippen LogP contribution in [0.4, 0.5) is 14.5 Å². The quantitative estimate of drug-likeness (QED) is 0.446. The van der Waals surface area contributed by atoms with Crippen LogP contribution in [0.15, 0.2) is 77.7 Å². The number of halogens is 2. The van der Waals surface area contributed by atoms with Crippen LogP contribution in [0, 0.1) is 11.6 Å². The monoisotopic (exact) mass is 498 g/mol. The fraction of sp³-hybridized carbons (Fsp3) is 0.231. The van der Waals surface area contributed by atoms with E-state index in [4.69, 9.17) is 0 Å². The summed E-state index contributed by atoms with van der Waals surface area (Å²) in [6.07, 6.45) is -0.355. The predicted molar refractivity (Wildman–Crippen MR) is 127 cm³/mol. The molecule has 0 aliphatic carbocycles. The number of amides is 2. The maximum atomic E-state index is 13.6. The lowest BCUT2D eigenvalue weighted by atomic mass is 10.0. The fourth-order valence-corrected chi connectivity index (χ4v) is 5.56. The van der Waals surface area contributed by atoms with Crippen molar-refractivity contribution in [2.45, 2.75) is 43.7 Å². The van der Waals surface area contributed by atoms with Crippen molar-refractivity contribution >= 4 is 27.5 Å². The summed E-state index contributed by atoms with van der Waals surface area (Å²) in [4.78, 5) is 27.1. The van der Waals surface area contributed by atoms with E-state index in [1.807, 2.05) is 26.0 Å². The van der Waals surface area contributed by atoms with Gasteiger partial charge in [0.25, 0.3) is 5.91 Å². The second-order valence-electron chi connectivity index (χ2n) is 8.66. The number of anilines is 1. The number of carbonyl (C=O) groups is 2. The Morgan fingerprint density at radius 3 is 1.97 bits per heavy atom. The van der Waals surface area contributed by atoms with E-state index in [0.717, 1.165) is 39.0 Å². The van der Waals surface area contributed by atoms with Crippen molar-refractivity contribution < 1.29 is 26.8 Å². The topological polar surface area (TPSA) is 74.8 Å². The van der Waals surface area contributed by atoms with E-state index in [0.29, 0.717) is 11.3 Å². The number of nitrogens with zero attached hydrogens (tertiary/aromatic N) is 2. The van der Waals surface area contributed by atoms with Crippen molar-refractivity contribution in [3.8, 4) is 0 Å². The van der Waals surface area contributed by atoms with Gasteiger partial charge in [-0.1, -0.05) is 38.1 Å². The molecule has 182 valence electrons. The molecule has 0 saturated carbocycles. The summed E-state index contributed by atoms with van der Waals surface area (Å²) in [6.45, 7) is 3.76. The molecule has 1 atom stereocenters. The van der Waals surface area contributed by atoms with Gasteiger partial charge in [-0.3, -0.25) is 9.59 Å². The van der Waals surface area contributed by atoms with Crippen LogP contribution in [0.1, 0.15) is 37.3 Å². The van der Waals surface area contributed by atoms with Gasteiger partial charge in [-0.05, 0) is 65.6 Å². The molecule has 9 heteroatoms. The molecule has 0 aromatic heterocycles. The molecule has 0 bridgehead atoms. The van der Waals surface area contributed by atoms with E-state index in [-0.39, 0.29) is 23.8 Å². The molecule has 3 aromatic rings. The SMILES string of the molecule is CC(C)c1ccc(N2C(=O)CC(N(Cc3ccc(F)cc3)S(=O)(=O)c3ccc(F)cc3)C2=O)cc1. The molecule has 0 N–H and O–H groups in total. The molecular weight excluding hydrogens is 474 g/mol. The molecule has 1 saturated heterocycles. The Balaban J connectivity index is 1.72. The van der Waals surface area contributed by atoms with E-state index in [2.05, 4.69) is 0 Å². The smallest absolute Gasteiger partial charge is 0.252 e. The third-order valence-corrected chi connectivity index (χ3v) is 7.83. The summed E-state index contributed by atoms with van der Waals surface area (Å²) < 4.78 is 54.9. The largest absolute Gasteiger partial charge is 0.274 e. The first-order chi connectivity index (χ1) is 16.6. The van der Waals surface area contributed by atoms with Crippen LogP contribution in [0.5, 0.6) is 0 Å². The lowest BCUT2D eigenvalue weighted by Gasteiger charge is -2.27. The zero-order valence-electron chi connectivity index (χ0n) is 19.2. The van der Waals surface area contributed by atoms with Gasteiger partial charge in [-0.15, -0.1) is 0 Å². The lowest BCUT2D eigenvalue weighted by molar-refractivity contribution is -0.122. The summed E-state index contributed by atoms with van der Waals surface area (Å²) in [5.41, 5.74) is 1.81. The third kappa shape index (κ3) is 5.01.